The third-order valence-corrected chi connectivity index (χ3v) is 4.60. The molecule has 2 heterocycles. The Morgan fingerprint density at radius 3 is 2.75 bits per heavy atom. The molecule has 0 radical (unpaired) electrons. The van der Waals surface area contributed by atoms with Crippen molar-refractivity contribution in [2.75, 3.05) is 6.61 Å². The number of esters is 1. The molecule has 1 aliphatic rings. The number of benzene rings is 1. The minimum absolute atomic E-state index is 0.175. The highest BCUT2D eigenvalue weighted by Gasteiger charge is 2.29. The van der Waals surface area contributed by atoms with Gasteiger partial charge in [0.25, 0.3) is 0 Å². The molecule has 1 saturated heterocycles. The van der Waals surface area contributed by atoms with E-state index in [1.807, 2.05) is 35.9 Å². The van der Waals surface area contributed by atoms with Gasteiger partial charge >= 0.3 is 5.97 Å². The van der Waals surface area contributed by atoms with Gasteiger partial charge in [-0.25, -0.2) is 0 Å². The Morgan fingerprint density at radius 1 is 1.35 bits per heavy atom. The third kappa shape index (κ3) is 2.53. The topological polar surface area (TPSA) is 57.0 Å². The summed E-state index contributed by atoms with van der Waals surface area (Å²) >= 11 is 7.27. The van der Waals surface area contributed by atoms with Crippen LogP contribution in [-0.2, 0) is 16.6 Å². The summed E-state index contributed by atoms with van der Waals surface area (Å²) in [5.74, 6) is 0.571. The minimum Gasteiger partial charge on any atom is -0.465 e. The number of rotatable bonds is 3. The summed E-state index contributed by atoms with van der Waals surface area (Å²) in [5.41, 5.74) is 0.935. The van der Waals surface area contributed by atoms with Crippen LogP contribution >= 0.6 is 23.4 Å². The second-order valence-corrected chi connectivity index (χ2v) is 6.04. The molecular formula is C13H12ClN3O2S. The molecule has 0 amide bonds. The maximum Gasteiger partial charge on any atom is 0.319 e. The summed E-state index contributed by atoms with van der Waals surface area (Å²) in [6, 6.07) is 7.41. The first-order valence-corrected chi connectivity index (χ1v) is 7.39. The Hall–Kier alpha value is -1.53. The molecule has 1 aliphatic heterocycles. The molecule has 0 bridgehead atoms. The number of carbonyl (C=O) groups is 1. The van der Waals surface area contributed by atoms with Crippen molar-refractivity contribution in [3.05, 3.63) is 29.3 Å². The van der Waals surface area contributed by atoms with Crippen molar-refractivity contribution >= 4 is 29.3 Å². The van der Waals surface area contributed by atoms with E-state index in [2.05, 4.69) is 10.2 Å². The zero-order valence-electron chi connectivity index (χ0n) is 10.7. The molecule has 1 fully saturated rings. The molecule has 0 spiro atoms. The number of hydrogen-bond donors (Lipinski definition) is 0. The molecule has 3 rings (SSSR count). The third-order valence-electron chi connectivity index (χ3n) is 3.07. The van der Waals surface area contributed by atoms with Crippen molar-refractivity contribution in [2.45, 2.75) is 16.8 Å². The van der Waals surface area contributed by atoms with Gasteiger partial charge in [0.15, 0.2) is 11.0 Å². The van der Waals surface area contributed by atoms with Crippen LogP contribution in [0.2, 0.25) is 5.02 Å². The molecule has 104 valence electrons. The number of thioether (sulfide) groups is 1. The number of carbonyl (C=O) groups excluding carboxylic acids is 1. The molecule has 1 aromatic carbocycles. The highest BCUT2D eigenvalue weighted by molar-refractivity contribution is 8.00. The quantitative estimate of drug-likeness (QED) is 0.816. The molecule has 1 atom stereocenters. The summed E-state index contributed by atoms with van der Waals surface area (Å²) in [6.45, 7) is 0.485. The Bertz CT molecular complexity index is 642. The van der Waals surface area contributed by atoms with E-state index in [1.165, 1.54) is 11.8 Å². The molecule has 7 heteroatoms. The van der Waals surface area contributed by atoms with Gasteiger partial charge in [-0.15, -0.1) is 10.2 Å². The Morgan fingerprint density at radius 2 is 2.10 bits per heavy atom. The van der Waals surface area contributed by atoms with E-state index in [9.17, 15) is 4.79 Å². The monoisotopic (exact) mass is 309 g/mol. The van der Waals surface area contributed by atoms with Gasteiger partial charge in [-0.3, -0.25) is 4.79 Å². The smallest absolute Gasteiger partial charge is 0.319 e. The van der Waals surface area contributed by atoms with Crippen LogP contribution < -0.4 is 0 Å². The lowest BCUT2D eigenvalue weighted by Gasteiger charge is -2.06. The van der Waals surface area contributed by atoms with Crippen LogP contribution in [-0.4, -0.2) is 32.6 Å². The van der Waals surface area contributed by atoms with Crippen molar-refractivity contribution in [1.82, 2.24) is 14.8 Å². The number of cyclic esters (lactones) is 1. The SMILES string of the molecule is Cn1c(S[C@H]2CCOC2=O)nnc1-c1ccc(Cl)cc1. The van der Waals surface area contributed by atoms with Gasteiger partial charge in [-0.05, 0) is 24.3 Å². The van der Waals surface area contributed by atoms with Crippen molar-refractivity contribution in [2.24, 2.45) is 7.05 Å². The molecule has 0 aliphatic carbocycles. The van der Waals surface area contributed by atoms with Crippen LogP contribution in [0.15, 0.2) is 29.4 Å². The number of halogens is 1. The molecule has 0 N–H and O–H groups in total. The number of aromatic nitrogens is 3. The first kappa shape index (κ1) is 13.5. The number of nitrogens with zero attached hydrogens (tertiary/aromatic N) is 3. The second-order valence-electron chi connectivity index (χ2n) is 4.43. The summed E-state index contributed by atoms with van der Waals surface area (Å²) < 4.78 is 6.82. The fraction of sp³-hybridized carbons (Fsp3) is 0.308. The molecule has 1 aromatic heterocycles. The molecule has 0 saturated carbocycles. The van der Waals surface area contributed by atoms with E-state index in [0.29, 0.717) is 23.2 Å². The fourth-order valence-corrected chi connectivity index (χ4v) is 3.07. The van der Waals surface area contributed by atoms with Gasteiger partial charge in [0.1, 0.15) is 5.25 Å². The highest BCUT2D eigenvalue weighted by atomic mass is 35.5. The molecule has 0 unspecified atom stereocenters. The summed E-state index contributed by atoms with van der Waals surface area (Å²) in [6.07, 6.45) is 0.715. The van der Waals surface area contributed by atoms with E-state index in [1.54, 1.807) is 0 Å². The van der Waals surface area contributed by atoms with Gasteiger partial charge in [0.05, 0.1) is 6.61 Å². The predicted molar refractivity (Wildman–Crippen MR) is 76.7 cm³/mol. The first-order chi connectivity index (χ1) is 9.65. The Kier molecular flexibility index (Phi) is 3.67. The lowest BCUT2D eigenvalue weighted by atomic mass is 10.2. The van der Waals surface area contributed by atoms with Crippen molar-refractivity contribution in [3.8, 4) is 11.4 Å². The minimum atomic E-state index is -0.184. The van der Waals surface area contributed by atoms with Crippen LogP contribution in [0.3, 0.4) is 0 Å². The molecule has 2 aromatic rings. The highest BCUT2D eigenvalue weighted by Crippen LogP contribution is 2.30. The van der Waals surface area contributed by atoms with Crippen LogP contribution in [0.1, 0.15) is 6.42 Å². The van der Waals surface area contributed by atoms with Gasteiger partial charge in [0.2, 0.25) is 0 Å². The van der Waals surface area contributed by atoms with Gasteiger partial charge in [0, 0.05) is 24.1 Å². The zero-order valence-corrected chi connectivity index (χ0v) is 12.3. The normalized spacial score (nSPS) is 18.3. The van der Waals surface area contributed by atoms with Crippen LogP contribution in [0.5, 0.6) is 0 Å². The summed E-state index contributed by atoms with van der Waals surface area (Å²) in [7, 11) is 1.88. The van der Waals surface area contributed by atoms with E-state index >= 15 is 0 Å². The lowest BCUT2D eigenvalue weighted by molar-refractivity contribution is -0.137. The second kappa shape index (κ2) is 5.46. The first-order valence-electron chi connectivity index (χ1n) is 6.14. The predicted octanol–water partition coefficient (Wildman–Crippen LogP) is 2.54. The van der Waals surface area contributed by atoms with Crippen LogP contribution in [0.25, 0.3) is 11.4 Å². The number of hydrogen-bond acceptors (Lipinski definition) is 5. The van der Waals surface area contributed by atoms with Crippen molar-refractivity contribution in [1.29, 1.82) is 0 Å². The van der Waals surface area contributed by atoms with Crippen LogP contribution in [0, 0.1) is 0 Å². The summed E-state index contributed by atoms with van der Waals surface area (Å²) in [5, 5.41) is 9.53. The van der Waals surface area contributed by atoms with Crippen LogP contribution in [0.4, 0.5) is 0 Å². The average Bonchev–Trinajstić information content (AvgIpc) is 3.00. The van der Waals surface area contributed by atoms with Gasteiger partial charge in [-0.1, -0.05) is 23.4 Å². The number of ether oxygens (including phenoxy) is 1. The van der Waals surface area contributed by atoms with E-state index < -0.39 is 0 Å². The van der Waals surface area contributed by atoms with E-state index in [0.717, 1.165) is 11.4 Å². The van der Waals surface area contributed by atoms with E-state index in [4.69, 9.17) is 16.3 Å². The van der Waals surface area contributed by atoms with E-state index in [-0.39, 0.29) is 11.2 Å². The van der Waals surface area contributed by atoms with Crippen molar-refractivity contribution in [3.63, 3.8) is 0 Å². The maximum absolute atomic E-state index is 11.5. The Balaban J connectivity index is 1.85. The van der Waals surface area contributed by atoms with Gasteiger partial charge in [-0.2, -0.15) is 0 Å². The fourth-order valence-electron chi connectivity index (χ4n) is 1.98. The zero-order chi connectivity index (χ0) is 14.1. The molecule has 20 heavy (non-hydrogen) atoms. The Labute approximate surface area is 125 Å². The largest absolute Gasteiger partial charge is 0.465 e. The van der Waals surface area contributed by atoms with Gasteiger partial charge < -0.3 is 9.30 Å². The average molecular weight is 310 g/mol. The maximum atomic E-state index is 11.5. The standard InChI is InChI=1S/C13H12ClN3O2S/c1-17-11(8-2-4-9(14)5-3-8)15-16-13(17)20-10-6-7-19-12(10)18/h2-5,10H,6-7H2,1H3/t10-/m0/s1. The van der Waals surface area contributed by atoms with Crippen molar-refractivity contribution < 1.29 is 9.53 Å². The molecule has 5 nitrogen and oxygen atoms in total. The lowest BCUT2D eigenvalue weighted by Crippen LogP contribution is -2.10. The molecular weight excluding hydrogens is 298 g/mol. The summed E-state index contributed by atoms with van der Waals surface area (Å²) in [4.78, 5) is 11.5.